The second-order valence-electron chi connectivity index (χ2n) is 13.1. The van der Waals surface area contributed by atoms with E-state index >= 15 is 4.39 Å². The number of nitrogens with zero attached hydrogens (tertiary/aromatic N) is 6. The molecule has 4 aromatic rings. The van der Waals surface area contributed by atoms with E-state index in [1.165, 1.54) is 18.1 Å². The summed E-state index contributed by atoms with van der Waals surface area (Å²) in [5.41, 5.74) is 6.28. The van der Waals surface area contributed by atoms with Crippen LogP contribution >= 0.6 is 0 Å². The summed E-state index contributed by atoms with van der Waals surface area (Å²) in [4.78, 5) is 25.5. The molecule has 5 heterocycles. The lowest BCUT2D eigenvalue weighted by Gasteiger charge is -2.33. The predicted octanol–water partition coefficient (Wildman–Crippen LogP) is 6.48. The van der Waals surface area contributed by atoms with Gasteiger partial charge < -0.3 is 14.4 Å². The number of fused-ring (bicyclic) bond motifs is 3. The highest BCUT2D eigenvalue weighted by atomic mass is 19.4. The average molecular weight is 709 g/mol. The lowest BCUT2D eigenvalue weighted by Crippen LogP contribution is -2.40. The van der Waals surface area contributed by atoms with E-state index in [4.69, 9.17) is 19.6 Å². The smallest absolute Gasteiger partial charge is 0.401 e. The zero-order chi connectivity index (χ0) is 36.0. The van der Waals surface area contributed by atoms with Crippen molar-refractivity contribution in [1.82, 2.24) is 29.5 Å². The van der Waals surface area contributed by atoms with Crippen molar-refractivity contribution in [1.29, 1.82) is 0 Å². The van der Waals surface area contributed by atoms with Gasteiger partial charge in [-0.25, -0.2) is 13.8 Å². The van der Waals surface area contributed by atoms with Crippen molar-refractivity contribution >= 4 is 5.91 Å². The highest BCUT2D eigenvalue weighted by molar-refractivity contribution is 5.90. The molecule has 0 N–H and O–H groups in total. The standard InChI is InChI=1S/C37H37F5N6O3/c1-4-32(49)47-10-11-48-30(21(47)2)17-29(45-48)36-33(34-27(39)15-24(38)16-31(34)51-13-12-50-3)25-6-5-7-26(25)35(44-36)22-14-23-19-46(20-37(40,41)42)9-8-28(23)43-18-22/h4,14-18,21H,1,5-13,19-20H2,2-3H3. The fraction of sp³-hybridized carbons (Fsp3) is 0.405. The minimum absolute atomic E-state index is 0.00486. The number of benzene rings is 1. The first-order chi connectivity index (χ1) is 24.5. The van der Waals surface area contributed by atoms with Crippen LogP contribution in [0.2, 0.25) is 0 Å². The molecule has 9 nitrogen and oxygen atoms in total. The summed E-state index contributed by atoms with van der Waals surface area (Å²) in [6.45, 7) is 5.91. The van der Waals surface area contributed by atoms with Gasteiger partial charge in [0.05, 0.1) is 48.4 Å². The first kappa shape index (κ1) is 34.7. The molecule has 1 unspecified atom stereocenters. The zero-order valence-electron chi connectivity index (χ0n) is 28.3. The molecule has 2 aliphatic heterocycles. The molecule has 1 amide bonds. The number of hydrogen-bond acceptors (Lipinski definition) is 7. The van der Waals surface area contributed by atoms with Gasteiger partial charge >= 0.3 is 6.18 Å². The lowest BCUT2D eigenvalue weighted by atomic mass is 9.90. The van der Waals surface area contributed by atoms with Crippen LogP contribution in [0.25, 0.3) is 33.8 Å². The zero-order valence-corrected chi connectivity index (χ0v) is 28.3. The van der Waals surface area contributed by atoms with E-state index in [-0.39, 0.29) is 49.6 Å². The van der Waals surface area contributed by atoms with Crippen LogP contribution in [0.15, 0.2) is 43.1 Å². The Bertz CT molecular complexity index is 2010. The summed E-state index contributed by atoms with van der Waals surface area (Å²) in [6, 6.07) is 5.30. The number of hydrogen-bond donors (Lipinski definition) is 0. The Morgan fingerprint density at radius 3 is 2.59 bits per heavy atom. The maximum Gasteiger partial charge on any atom is 0.401 e. The molecule has 268 valence electrons. The van der Waals surface area contributed by atoms with Crippen molar-refractivity contribution in [3.8, 4) is 39.5 Å². The highest BCUT2D eigenvalue weighted by Gasteiger charge is 2.35. The maximum absolute atomic E-state index is 16.2. The van der Waals surface area contributed by atoms with Gasteiger partial charge in [0.15, 0.2) is 0 Å². The first-order valence-corrected chi connectivity index (χ1v) is 16.9. The Hall–Kier alpha value is -4.69. The summed E-state index contributed by atoms with van der Waals surface area (Å²) in [7, 11) is 1.50. The van der Waals surface area contributed by atoms with Crippen molar-refractivity contribution < 1.29 is 36.2 Å². The Kier molecular flexibility index (Phi) is 9.40. The van der Waals surface area contributed by atoms with Gasteiger partial charge in [-0.15, -0.1) is 0 Å². The van der Waals surface area contributed by atoms with Crippen LogP contribution in [0.3, 0.4) is 0 Å². The summed E-state index contributed by atoms with van der Waals surface area (Å²) in [5, 5.41) is 4.91. The maximum atomic E-state index is 16.2. The van der Waals surface area contributed by atoms with Crippen LogP contribution in [-0.4, -0.2) is 81.6 Å². The van der Waals surface area contributed by atoms with Gasteiger partial charge in [0.1, 0.15) is 29.7 Å². The molecule has 3 aliphatic rings. The van der Waals surface area contributed by atoms with Gasteiger partial charge in [-0.3, -0.25) is 19.4 Å². The summed E-state index contributed by atoms with van der Waals surface area (Å²) < 4.78 is 83.6. The molecular weight excluding hydrogens is 671 g/mol. The lowest BCUT2D eigenvalue weighted by molar-refractivity contribution is -0.147. The van der Waals surface area contributed by atoms with Gasteiger partial charge in [-0.05, 0) is 61.1 Å². The monoisotopic (exact) mass is 708 g/mol. The molecule has 1 aromatic carbocycles. The van der Waals surface area contributed by atoms with Crippen molar-refractivity contribution in [3.05, 3.63) is 82.8 Å². The third kappa shape index (κ3) is 6.74. The molecular formula is C37H37F5N6O3. The van der Waals surface area contributed by atoms with Gasteiger partial charge in [0.2, 0.25) is 5.91 Å². The predicted molar refractivity (Wildman–Crippen MR) is 179 cm³/mol. The van der Waals surface area contributed by atoms with Crippen molar-refractivity contribution in [3.63, 3.8) is 0 Å². The number of rotatable bonds is 9. The van der Waals surface area contributed by atoms with E-state index in [2.05, 4.69) is 11.6 Å². The van der Waals surface area contributed by atoms with Gasteiger partial charge in [0, 0.05) is 68.3 Å². The van der Waals surface area contributed by atoms with Crippen LogP contribution in [-0.2, 0) is 41.9 Å². The number of halogens is 5. The molecule has 1 atom stereocenters. The number of carbonyl (C=O) groups is 1. The molecule has 0 fully saturated rings. The SMILES string of the molecule is C=CC(=O)N1CCn2nc(-c3nc(-c4cnc5c(c4)CN(CC(F)(F)F)CC5)c4c(c3-c3c(F)cc(F)cc3OCCOC)CCC4)cc2C1C. The van der Waals surface area contributed by atoms with Crippen LogP contribution in [0, 0.1) is 11.6 Å². The number of ether oxygens (including phenoxy) is 2. The topological polar surface area (TPSA) is 85.6 Å². The Balaban J connectivity index is 1.42. The Morgan fingerprint density at radius 1 is 1.02 bits per heavy atom. The summed E-state index contributed by atoms with van der Waals surface area (Å²) in [5.74, 6) is -1.85. The van der Waals surface area contributed by atoms with Crippen LogP contribution in [0.5, 0.6) is 5.75 Å². The quantitative estimate of drug-likeness (QED) is 0.112. The fourth-order valence-electron chi connectivity index (χ4n) is 7.53. The highest BCUT2D eigenvalue weighted by Crippen LogP contribution is 2.47. The van der Waals surface area contributed by atoms with Crippen LogP contribution in [0.4, 0.5) is 22.0 Å². The van der Waals surface area contributed by atoms with Crippen molar-refractivity contribution in [2.45, 2.75) is 57.9 Å². The molecule has 1 aliphatic carbocycles. The minimum Gasteiger partial charge on any atom is -0.490 e. The van der Waals surface area contributed by atoms with E-state index in [0.29, 0.717) is 66.1 Å². The number of pyridine rings is 2. The third-order valence-corrected chi connectivity index (χ3v) is 9.83. The number of carbonyl (C=O) groups excluding carboxylic acids is 1. The average Bonchev–Trinajstić information content (AvgIpc) is 3.75. The van der Waals surface area contributed by atoms with E-state index in [1.54, 1.807) is 15.8 Å². The number of aromatic nitrogens is 4. The first-order valence-electron chi connectivity index (χ1n) is 16.9. The van der Waals surface area contributed by atoms with Gasteiger partial charge in [-0.1, -0.05) is 6.58 Å². The summed E-state index contributed by atoms with van der Waals surface area (Å²) in [6.07, 6.45) is 0.934. The molecule has 0 spiro atoms. The molecule has 3 aromatic heterocycles. The van der Waals surface area contributed by atoms with Crippen LogP contribution < -0.4 is 4.74 Å². The summed E-state index contributed by atoms with van der Waals surface area (Å²) >= 11 is 0. The van der Waals surface area contributed by atoms with E-state index in [0.717, 1.165) is 41.1 Å². The Morgan fingerprint density at radius 2 is 1.82 bits per heavy atom. The number of methoxy groups -OCH3 is 1. The number of amides is 1. The van der Waals surface area contributed by atoms with Crippen molar-refractivity contribution in [2.75, 3.05) is 40.0 Å². The van der Waals surface area contributed by atoms with E-state index in [9.17, 15) is 22.4 Å². The molecule has 0 radical (unpaired) electrons. The second kappa shape index (κ2) is 13.8. The van der Waals surface area contributed by atoms with Crippen LogP contribution in [0.1, 0.15) is 47.5 Å². The van der Waals surface area contributed by atoms with Crippen molar-refractivity contribution in [2.24, 2.45) is 0 Å². The molecule has 7 rings (SSSR count). The number of alkyl halides is 3. The molecule has 14 heteroatoms. The normalized spacial score (nSPS) is 17.2. The third-order valence-electron chi connectivity index (χ3n) is 9.83. The molecule has 0 saturated carbocycles. The molecule has 51 heavy (non-hydrogen) atoms. The van der Waals surface area contributed by atoms with Gasteiger partial charge in [-0.2, -0.15) is 18.3 Å². The Labute approximate surface area is 291 Å². The molecule has 0 saturated heterocycles. The largest absolute Gasteiger partial charge is 0.490 e. The van der Waals surface area contributed by atoms with Gasteiger partial charge in [0.25, 0.3) is 0 Å². The van der Waals surface area contributed by atoms with E-state index < -0.39 is 24.4 Å². The molecule has 0 bridgehead atoms. The fourth-order valence-corrected chi connectivity index (χ4v) is 7.53. The minimum atomic E-state index is -4.32. The second-order valence-corrected chi connectivity index (χ2v) is 13.1. The van der Waals surface area contributed by atoms with E-state index in [1.807, 2.05) is 19.1 Å².